The Hall–Kier alpha value is -1.28. The Balaban J connectivity index is 2.72. The van der Waals surface area contributed by atoms with Crippen molar-refractivity contribution in [2.45, 2.75) is 20.3 Å². The highest BCUT2D eigenvalue weighted by molar-refractivity contribution is 6.31. The summed E-state index contributed by atoms with van der Waals surface area (Å²) in [6, 6.07) is 0. The van der Waals surface area contributed by atoms with Crippen molar-refractivity contribution in [1.82, 2.24) is 9.55 Å². The van der Waals surface area contributed by atoms with Crippen molar-refractivity contribution in [3.8, 4) is 0 Å². The lowest BCUT2D eigenvalue weighted by molar-refractivity contribution is 1.05. The van der Waals surface area contributed by atoms with Crippen LogP contribution in [-0.4, -0.2) is 9.55 Å². The van der Waals surface area contributed by atoms with Crippen LogP contribution in [0.5, 0.6) is 0 Å². The summed E-state index contributed by atoms with van der Waals surface area (Å²) in [5.74, 6) is 0. The quantitative estimate of drug-likeness (QED) is 0.710. The fourth-order valence-corrected chi connectivity index (χ4v) is 1.40. The highest BCUT2D eigenvalue weighted by Gasteiger charge is 1.96. The molecule has 0 fully saturated rings. The van der Waals surface area contributed by atoms with Gasteiger partial charge in [-0.15, -0.1) is 0 Å². The van der Waals surface area contributed by atoms with Crippen LogP contribution in [0.3, 0.4) is 0 Å². The Bertz CT molecular complexity index is 400. The van der Waals surface area contributed by atoms with Crippen LogP contribution in [-0.2, 0) is 0 Å². The third-order valence-corrected chi connectivity index (χ3v) is 2.25. The van der Waals surface area contributed by atoms with Crippen LogP contribution in [0.2, 0.25) is 0 Å². The predicted octanol–water partition coefficient (Wildman–Crippen LogP) is 3.75. The van der Waals surface area contributed by atoms with Crippen molar-refractivity contribution in [2.24, 2.45) is 0 Å². The fraction of sp³-hybridized carbons (Fsp3) is 0.250. The number of halogens is 1. The smallest absolute Gasteiger partial charge is 0.0993 e. The molecule has 80 valence electrons. The maximum Gasteiger partial charge on any atom is 0.0993 e. The third-order valence-electron chi connectivity index (χ3n) is 1.97. The summed E-state index contributed by atoms with van der Waals surface area (Å²) in [4.78, 5) is 4.03. The molecule has 0 aromatic carbocycles. The molecule has 0 unspecified atom stereocenters. The molecule has 0 atom stereocenters. The van der Waals surface area contributed by atoms with E-state index >= 15 is 0 Å². The lowest BCUT2D eigenvalue weighted by Gasteiger charge is -2.02. The molecule has 0 radical (unpaired) electrons. The molecule has 1 aromatic rings. The average Bonchev–Trinajstić information content (AvgIpc) is 2.61. The van der Waals surface area contributed by atoms with Gasteiger partial charge in [0.2, 0.25) is 0 Å². The first-order valence-corrected chi connectivity index (χ1v) is 5.25. The van der Waals surface area contributed by atoms with Crippen LogP contribution in [0, 0.1) is 6.92 Å². The minimum Gasteiger partial charge on any atom is -0.304 e. The van der Waals surface area contributed by atoms with Gasteiger partial charge in [-0.25, -0.2) is 4.98 Å². The van der Waals surface area contributed by atoms with Gasteiger partial charge in [0, 0.05) is 22.6 Å². The summed E-state index contributed by atoms with van der Waals surface area (Å²) >= 11 is 5.93. The van der Waals surface area contributed by atoms with Crippen molar-refractivity contribution in [1.29, 1.82) is 0 Å². The van der Waals surface area contributed by atoms with Gasteiger partial charge in [-0.2, -0.15) is 0 Å². The maximum atomic E-state index is 5.93. The van der Waals surface area contributed by atoms with Gasteiger partial charge in [0.1, 0.15) is 0 Å². The Kier molecular flexibility index (Phi) is 4.37. The van der Waals surface area contributed by atoms with Gasteiger partial charge in [0.25, 0.3) is 0 Å². The van der Waals surface area contributed by atoms with Crippen LogP contribution in [0.1, 0.15) is 19.0 Å². The van der Waals surface area contributed by atoms with E-state index in [1.165, 1.54) is 0 Å². The molecular weight excluding hydrogens is 208 g/mol. The van der Waals surface area contributed by atoms with Gasteiger partial charge in [-0.3, -0.25) is 0 Å². The molecule has 0 spiro atoms. The maximum absolute atomic E-state index is 5.93. The fourth-order valence-electron chi connectivity index (χ4n) is 1.18. The number of aryl methyl sites for hydroxylation is 1. The van der Waals surface area contributed by atoms with Crippen molar-refractivity contribution >= 4 is 17.3 Å². The van der Waals surface area contributed by atoms with Crippen molar-refractivity contribution in [3.63, 3.8) is 0 Å². The molecule has 0 amide bonds. The first kappa shape index (κ1) is 11.8. The molecule has 1 aromatic heterocycles. The molecule has 0 saturated carbocycles. The molecule has 0 N–H and O–H groups in total. The van der Waals surface area contributed by atoms with Gasteiger partial charge in [-0.1, -0.05) is 31.2 Å². The van der Waals surface area contributed by atoms with Crippen molar-refractivity contribution < 1.29 is 0 Å². The largest absolute Gasteiger partial charge is 0.304 e. The van der Waals surface area contributed by atoms with Gasteiger partial charge >= 0.3 is 0 Å². The van der Waals surface area contributed by atoms with E-state index in [1.54, 1.807) is 12.5 Å². The molecular formula is C12H15ClN2. The molecule has 0 aliphatic carbocycles. The SMILES string of the molecule is C=C(/C=C\C(Cl)=C/CC)n1cncc1C. The minimum atomic E-state index is 0.733. The summed E-state index contributed by atoms with van der Waals surface area (Å²) in [5.41, 5.74) is 1.91. The monoisotopic (exact) mass is 222 g/mol. The lowest BCUT2D eigenvalue weighted by Crippen LogP contribution is -1.92. The Morgan fingerprint density at radius 2 is 2.33 bits per heavy atom. The molecule has 0 bridgehead atoms. The molecule has 0 aliphatic heterocycles. The van der Waals surface area contributed by atoms with Gasteiger partial charge in [0.15, 0.2) is 0 Å². The predicted molar refractivity (Wildman–Crippen MR) is 65.7 cm³/mol. The van der Waals surface area contributed by atoms with Crippen LogP contribution in [0.4, 0.5) is 0 Å². The second kappa shape index (κ2) is 5.56. The second-order valence-corrected chi connectivity index (χ2v) is 3.66. The Morgan fingerprint density at radius 1 is 1.60 bits per heavy atom. The van der Waals surface area contributed by atoms with Crippen LogP contribution in [0.15, 0.2) is 42.4 Å². The number of hydrogen-bond acceptors (Lipinski definition) is 1. The van der Waals surface area contributed by atoms with E-state index in [0.29, 0.717) is 0 Å². The highest BCUT2D eigenvalue weighted by Crippen LogP contribution is 2.11. The number of allylic oxidation sites excluding steroid dienone is 5. The standard InChI is InChI=1S/C12H15ClN2/c1-4-5-12(13)7-6-10(2)15-9-14-8-11(15)3/h5-9H,2,4H2,1,3H3/b7-6-,12-5+. The summed E-state index contributed by atoms with van der Waals surface area (Å²) < 4.78 is 1.91. The van der Waals surface area contributed by atoms with Crippen LogP contribution < -0.4 is 0 Å². The number of nitrogens with zero attached hydrogens (tertiary/aromatic N) is 2. The number of aromatic nitrogens is 2. The van der Waals surface area contributed by atoms with E-state index in [4.69, 9.17) is 11.6 Å². The zero-order valence-corrected chi connectivity index (χ0v) is 9.83. The summed E-state index contributed by atoms with van der Waals surface area (Å²) in [6.45, 7) is 7.97. The number of rotatable bonds is 4. The first-order valence-electron chi connectivity index (χ1n) is 4.87. The van der Waals surface area contributed by atoms with Gasteiger partial charge in [-0.05, 0) is 25.5 Å². The molecule has 3 heteroatoms. The zero-order valence-electron chi connectivity index (χ0n) is 9.07. The van der Waals surface area contributed by atoms with Crippen LogP contribution >= 0.6 is 11.6 Å². The molecule has 0 saturated heterocycles. The van der Waals surface area contributed by atoms with E-state index in [-0.39, 0.29) is 0 Å². The molecule has 1 heterocycles. The summed E-state index contributed by atoms with van der Waals surface area (Å²) in [6.07, 6.45) is 10.1. The minimum absolute atomic E-state index is 0.733. The Morgan fingerprint density at radius 3 is 2.87 bits per heavy atom. The van der Waals surface area contributed by atoms with E-state index in [2.05, 4.69) is 11.6 Å². The van der Waals surface area contributed by atoms with E-state index < -0.39 is 0 Å². The first-order chi connectivity index (χ1) is 7.15. The van der Waals surface area contributed by atoms with E-state index in [9.17, 15) is 0 Å². The topological polar surface area (TPSA) is 17.8 Å². The average molecular weight is 223 g/mol. The molecule has 15 heavy (non-hydrogen) atoms. The van der Waals surface area contributed by atoms with Crippen molar-refractivity contribution in [2.75, 3.05) is 0 Å². The van der Waals surface area contributed by atoms with E-state index in [0.717, 1.165) is 22.8 Å². The Labute approximate surface area is 95.6 Å². The summed E-state index contributed by atoms with van der Waals surface area (Å²) in [7, 11) is 0. The normalized spacial score (nSPS) is 12.3. The zero-order chi connectivity index (χ0) is 11.3. The highest BCUT2D eigenvalue weighted by atomic mass is 35.5. The van der Waals surface area contributed by atoms with Crippen LogP contribution in [0.25, 0.3) is 5.70 Å². The summed E-state index contributed by atoms with van der Waals surface area (Å²) in [5, 5.41) is 0.733. The third kappa shape index (κ3) is 3.40. The second-order valence-electron chi connectivity index (χ2n) is 3.23. The molecule has 2 nitrogen and oxygen atoms in total. The van der Waals surface area contributed by atoms with Crippen molar-refractivity contribution in [3.05, 3.63) is 48.1 Å². The number of imidazole rings is 1. The number of hydrogen-bond donors (Lipinski definition) is 0. The van der Waals surface area contributed by atoms with Gasteiger partial charge < -0.3 is 4.57 Å². The lowest BCUT2D eigenvalue weighted by atomic mass is 10.3. The van der Waals surface area contributed by atoms with E-state index in [1.807, 2.05) is 36.6 Å². The molecule has 0 aliphatic rings. The van der Waals surface area contributed by atoms with Gasteiger partial charge in [0.05, 0.1) is 6.33 Å². The molecule has 1 rings (SSSR count).